The van der Waals surface area contributed by atoms with Gasteiger partial charge in [0, 0.05) is 13.0 Å². The molecular formula is C14H19N5O3. The van der Waals surface area contributed by atoms with Crippen LogP contribution >= 0.6 is 0 Å². The number of aromatic nitrogens is 2. The van der Waals surface area contributed by atoms with Gasteiger partial charge in [-0.2, -0.15) is 5.01 Å². The molecule has 0 radical (unpaired) electrons. The number of nitrogens with one attached hydrogen (secondary N) is 2. The second kappa shape index (κ2) is 5.11. The van der Waals surface area contributed by atoms with Crippen LogP contribution in [-0.2, 0) is 17.8 Å². The van der Waals surface area contributed by atoms with Gasteiger partial charge in [-0.3, -0.25) is 15.0 Å². The summed E-state index contributed by atoms with van der Waals surface area (Å²) in [6.07, 6.45) is 4.82. The second-order valence-electron chi connectivity index (χ2n) is 5.87. The Bertz CT molecular complexity index is 653. The molecule has 1 aromatic heterocycles. The first-order chi connectivity index (χ1) is 10.5. The summed E-state index contributed by atoms with van der Waals surface area (Å²) in [6.45, 7) is 4.17. The number of hydrazine groups is 1. The highest BCUT2D eigenvalue weighted by Gasteiger charge is 2.47. The fourth-order valence-corrected chi connectivity index (χ4v) is 2.78. The van der Waals surface area contributed by atoms with Gasteiger partial charge in [-0.25, -0.2) is 9.78 Å². The van der Waals surface area contributed by atoms with E-state index in [0.717, 1.165) is 36.6 Å². The Labute approximate surface area is 127 Å². The van der Waals surface area contributed by atoms with Gasteiger partial charge in [-0.15, -0.1) is 0 Å². The van der Waals surface area contributed by atoms with Gasteiger partial charge in [-0.1, -0.05) is 6.92 Å². The van der Waals surface area contributed by atoms with Crippen LogP contribution in [-0.4, -0.2) is 37.9 Å². The Morgan fingerprint density at radius 2 is 2.23 bits per heavy atom. The number of hydrogen-bond acceptors (Lipinski definition) is 4. The van der Waals surface area contributed by atoms with Crippen molar-refractivity contribution < 1.29 is 14.4 Å². The number of carbonyl (C=O) groups is 3. The van der Waals surface area contributed by atoms with Crippen molar-refractivity contribution in [2.24, 2.45) is 0 Å². The third-order valence-electron chi connectivity index (χ3n) is 4.38. The van der Waals surface area contributed by atoms with Crippen molar-refractivity contribution in [3.8, 4) is 0 Å². The van der Waals surface area contributed by atoms with E-state index in [1.54, 1.807) is 13.8 Å². The molecule has 2 aliphatic rings. The SMILES string of the molecule is CCC1(C)NC(=O)N(NC(=O)c2cnc3n2CCCC3)C1=O. The van der Waals surface area contributed by atoms with E-state index < -0.39 is 23.4 Å². The Morgan fingerprint density at radius 1 is 1.45 bits per heavy atom. The molecule has 8 nitrogen and oxygen atoms in total. The molecule has 2 N–H and O–H groups in total. The minimum absolute atomic E-state index is 0.375. The quantitative estimate of drug-likeness (QED) is 0.799. The van der Waals surface area contributed by atoms with E-state index >= 15 is 0 Å². The number of carbonyl (C=O) groups excluding carboxylic acids is 3. The molecule has 3 rings (SSSR count). The molecule has 3 heterocycles. The summed E-state index contributed by atoms with van der Waals surface area (Å²) in [7, 11) is 0. The van der Waals surface area contributed by atoms with Gasteiger partial charge < -0.3 is 9.88 Å². The van der Waals surface area contributed by atoms with Gasteiger partial charge in [0.05, 0.1) is 6.20 Å². The fourth-order valence-electron chi connectivity index (χ4n) is 2.78. The summed E-state index contributed by atoms with van der Waals surface area (Å²) in [5.74, 6) is -0.0803. The van der Waals surface area contributed by atoms with Gasteiger partial charge >= 0.3 is 6.03 Å². The van der Waals surface area contributed by atoms with Gasteiger partial charge in [0.1, 0.15) is 17.1 Å². The lowest BCUT2D eigenvalue weighted by Crippen LogP contribution is -2.49. The molecule has 118 valence electrons. The van der Waals surface area contributed by atoms with Crippen LogP contribution in [0.25, 0.3) is 0 Å². The van der Waals surface area contributed by atoms with Crippen molar-refractivity contribution in [2.75, 3.05) is 0 Å². The molecule has 0 aliphatic carbocycles. The number of imide groups is 1. The number of amides is 4. The fraction of sp³-hybridized carbons (Fsp3) is 0.571. The molecule has 4 amide bonds. The summed E-state index contributed by atoms with van der Waals surface area (Å²) in [6, 6.07) is -0.610. The van der Waals surface area contributed by atoms with Crippen LogP contribution in [0.4, 0.5) is 4.79 Å². The molecule has 0 aromatic carbocycles. The van der Waals surface area contributed by atoms with E-state index in [0.29, 0.717) is 12.1 Å². The lowest BCUT2D eigenvalue weighted by molar-refractivity contribution is -0.132. The highest BCUT2D eigenvalue weighted by Crippen LogP contribution is 2.20. The van der Waals surface area contributed by atoms with Crippen LogP contribution in [0.5, 0.6) is 0 Å². The molecule has 22 heavy (non-hydrogen) atoms. The summed E-state index contributed by atoms with van der Waals surface area (Å²) in [4.78, 5) is 40.8. The molecule has 1 aromatic rings. The number of fused-ring (bicyclic) bond motifs is 1. The molecule has 0 saturated carbocycles. The third-order valence-corrected chi connectivity index (χ3v) is 4.38. The largest absolute Gasteiger partial charge is 0.344 e. The zero-order valence-corrected chi connectivity index (χ0v) is 12.7. The standard InChI is InChI=1S/C14H19N5O3/c1-3-14(2)12(21)19(13(22)16-14)17-11(20)9-8-15-10-6-4-5-7-18(9)10/h8H,3-7H2,1-2H3,(H,16,22)(H,17,20). The molecule has 0 bridgehead atoms. The predicted octanol–water partition coefficient (Wildman–Crippen LogP) is 0.585. The molecule has 0 spiro atoms. The molecular weight excluding hydrogens is 286 g/mol. The number of rotatable bonds is 3. The molecule has 8 heteroatoms. The highest BCUT2D eigenvalue weighted by atomic mass is 16.2. The van der Waals surface area contributed by atoms with Crippen molar-refractivity contribution in [1.82, 2.24) is 25.3 Å². The molecule has 2 aliphatic heterocycles. The van der Waals surface area contributed by atoms with Gasteiger partial charge in [0.2, 0.25) is 0 Å². The number of aryl methyl sites for hydroxylation is 1. The van der Waals surface area contributed by atoms with E-state index in [-0.39, 0.29) is 0 Å². The lowest BCUT2D eigenvalue weighted by atomic mass is 10.00. The second-order valence-corrected chi connectivity index (χ2v) is 5.87. The zero-order chi connectivity index (χ0) is 15.9. The number of urea groups is 1. The topological polar surface area (TPSA) is 96.3 Å². The highest BCUT2D eigenvalue weighted by molar-refractivity contribution is 6.08. The van der Waals surface area contributed by atoms with Crippen LogP contribution < -0.4 is 10.7 Å². The Balaban J connectivity index is 1.79. The van der Waals surface area contributed by atoms with Crippen LogP contribution in [0.3, 0.4) is 0 Å². The molecule has 1 atom stereocenters. The summed E-state index contributed by atoms with van der Waals surface area (Å²) >= 11 is 0. The Morgan fingerprint density at radius 3 is 2.91 bits per heavy atom. The maximum absolute atomic E-state index is 12.4. The number of imidazole rings is 1. The maximum atomic E-state index is 12.4. The monoisotopic (exact) mass is 305 g/mol. The normalized spacial score (nSPS) is 24.2. The smallest absolute Gasteiger partial charge is 0.324 e. The van der Waals surface area contributed by atoms with Crippen LogP contribution in [0.15, 0.2) is 6.20 Å². The average molecular weight is 305 g/mol. The lowest BCUT2D eigenvalue weighted by Gasteiger charge is -2.20. The van der Waals surface area contributed by atoms with E-state index in [9.17, 15) is 14.4 Å². The van der Waals surface area contributed by atoms with E-state index in [1.807, 2.05) is 4.57 Å². The zero-order valence-electron chi connectivity index (χ0n) is 12.7. The van der Waals surface area contributed by atoms with Crippen molar-refractivity contribution in [3.63, 3.8) is 0 Å². The van der Waals surface area contributed by atoms with Crippen LogP contribution in [0, 0.1) is 0 Å². The van der Waals surface area contributed by atoms with Gasteiger partial charge in [0.15, 0.2) is 0 Å². The van der Waals surface area contributed by atoms with Crippen molar-refractivity contribution in [1.29, 1.82) is 0 Å². The van der Waals surface area contributed by atoms with Crippen molar-refractivity contribution in [3.05, 3.63) is 17.7 Å². The first kappa shape index (κ1) is 14.6. The van der Waals surface area contributed by atoms with Crippen molar-refractivity contribution in [2.45, 2.75) is 51.6 Å². The minimum Gasteiger partial charge on any atom is -0.324 e. The first-order valence-corrected chi connectivity index (χ1v) is 7.48. The average Bonchev–Trinajstić information content (AvgIpc) is 3.03. The van der Waals surface area contributed by atoms with Gasteiger partial charge in [-0.05, 0) is 26.2 Å². The maximum Gasteiger partial charge on any atom is 0.344 e. The van der Waals surface area contributed by atoms with Gasteiger partial charge in [0.25, 0.3) is 11.8 Å². The minimum atomic E-state index is -0.971. The predicted molar refractivity (Wildman–Crippen MR) is 76.7 cm³/mol. The molecule has 1 fully saturated rings. The summed E-state index contributed by atoms with van der Waals surface area (Å²) in [5.41, 5.74) is 1.80. The molecule has 1 unspecified atom stereocenters. The molecule has 1 saturated heterocycles. The van der Waals surface area contributed by atoms with Crippen LogP contribution in [0.2, 0.25) is 0 Å². The van der Waals surface area contributed by atoms with E-state index in [1.165, 1.54) is 6.20 Å². The van der Waals surface area contributed by atoms with E-state index in [4.69, 9.17) is 0 Å². The number of nitrogens with zero attached hydrogens (tertiary/aromatic N) is 3. The Hall–Kier alpha value is -2.38. The van der Waals surface area contributed by atoms with Crippen LogP contribution in [0.1, 0.15) is 49.4 Å². The first-order valence-electron chi connectivity index (χ1n) is 7.48. The third kappa shape index (κ3) is 2.15. The summed E-state index contributed by atoms with van der Waals surface area (Å²) in [5, 5.41) is 3.35. The Kier molecular flexibility index (Phi) is 3.38. The van der Waals surface area contributed by atoms with Crippen molar-refractivity contribution >= 4 is 17.8 Å². The van der Waals surface area contributed by atoms with E-state index in [2.05, 4.69) is 15.7 Å². The summed E-state index contributed by atoms with van der Waals surface area (Å²) < 4.78 is 1.84. The number of hydrogen-bond donors (Lipinski definition) is 2.